The van der Waals surface area contributed by atoms with Crippen LogP contribution in [0.5, 0.6) is 0 Å². The molecule has 9 heteroatoms. The number of carbonyl (C=O) groups excluding carboxylic acids is 1. The standard InChI is InChI=1S/C17H14BrFN2O4S/c1-10(17(22)25-9-11-6-7-12(19)8-14(11)18)20-16-13-4-2-3-5-15(13)26(23,24)21-16/h2-8,10H,9H2,1H3,(H,20,21)/t10-/m0/s1. The molecule has 0 unspecified atom stereocenters. The molecule has 2 aromatic rings. The van der Waals surface area contributed by atoms with Crippen molar-refractivity contribution in [1.29, 1.82) is 0 Å². The third kappa shape index (κ3) is 3.78. The van der Waals surface area contributed by atoms with Crippen molar-refractivity contribution in [2.45, 2.75) is 24.5 Å². The first kappa shape index (κ1) is 18.5. The first-order valence-electron chi connectivity index (χ1n) is 7.58. The molecule has 0 saturated carbocycles. The zero-order chi connectivity index (χ0) is 18.9. The van der Waals surface area contributed by atoms with Crippen molar-refractivity contribution in [3.63, 3.8) is 0 Å². The Morgan fingerprint density at radius 1 is 1.31 bits per heavy atom. The van der Waals surface area contributed by atoms with E-state index in [1.807, 2.05) is 0 Å². The van der Waals surface area contributed by atoms with Gasteiger partial charge in [0.1, 0.15) is 24.3 Å². The molecular weight excluding hydrogens is 427 g/mol. The first-order chi connectivity index (χ1) is 12.3. The molecule has 1 atom stereocenters. The maximum atomic E-state index is 13.1. The minimum Gasteiger partial charge on any atom is -0.459 e. The number of halogens is 2. The van der Waals surface area contributed by atoms with E-state index in [0.717, 1.165) is 0 Å². The van der Waals surface area contributed by atoms with Crippen LogP contribution in [0.25, 0.3) is 0 Å². The summed E-state index contributed by atoms with van der Waals surface area (Å²) in [5.41, 5.74) is 1.01. The molecule has 1 heterocycles. The molecule has 6 nitrogen and oxygen atoms in total. The van der Waals surface area contributed by atoms with Gasteiger partial charge in [-0.25, -0.2) is 17.6 Å². The molecule has 0 aromatic heterocycles. The smallest absolute Gasteiger partial charge is 0.330 e. The lowest BCUT2D eigenvalue weighted by Gasteiger charge is -2.10. The molecule has 1 aliphatic rings. The number of sulfonamides is 1. The summed E-state index contributed by atoms with van der Waals surface area (Å²) in [5.74, 6) is -0.927. The lowest BCUT2D eigenvalue weighted by atomic mass is 10.2. The topological polar surface area (TPSA) is 84.8 Å². The van der Waals surface area contributed by atoms with Crippen molar-refractivity contribution >= 4 is 37.8 Å². The van der Waals surface area contributed by atoms with Crippen molar-refractivity contribution < 1.29 is 22.3 Å². The Morgan fingerprint density at radius 2 is 2.04 bits per heavy atom. The number of hydrogen-bond acceptors (Lipinski definition) is 5. The average Bonchev–Trinajstić information content (AvgIpc) is 2.85. The van der Waals surface area contributed by atoms with Gasteiger partial charge in [0.25, 0.3) is 10.0 Å². The number of nitrogens with zero attached hydrogens (tertiary/aromatic N) is 1. The summed E-state index contributed by atoms with van der Waals surface area (Å²) in [6.07, 6.45) is 0. The molecule has 26 heavy (non-hydrogen) atoms. The van der Waals surface area contributed by atoms with Gasteiger partial charge in [0.2, 0.25) is 0 Å². The minimum absolute atomic E-state index is 0.0583. The van der Waals surface area contributed by atoms with E-state index in [1.54, 1.807) is 18.2 Å². The van der Waals surface area contributed by atoms with Crippen LogP contribution in [0.15, 0.2) is 56.8 Å². The molecule has 136 valence electrons. The van der Waals surface area contributed by atoms with Gasteiger partial charge in [-0.2, -0.15) is 0 Å². The van der Waals surface area contributed by atoms with Crippen LogP contribution in [0.1, 0.15) is 18.1 Å². The third-order valence-corrected chi connectivity index (χ3v) is 5.85. The molecule has 0 saturated heterocycles. The summed E-state index contributed by atoms with van der Waals surface area (Å²) < 4.78 is 45.2. The van der Waals surface area contributed by atoms with Crippen LogP contribution in [-0.4, -0.2) is 26.3 Å². The predicted molar refractivity (Wildman–Crippen MR) is 96.7 cm³/mol. The highest BCUT2D eigenvalue weighted by atomic mass is 79.9. The number of rotatable bonds is 4. The second-order valence-electron chi connectivity index (χ2n) is 5.60. The Kier molecular flexibility index (Phi) is 5.10. The SMILES string of the molecule is C[C@H](N=C1NS(=O)(=O)c2ccccc21)C(=O)OCc1ccc(F)cc1Br. The first-order valence-corrected chi connectivity index (χ1v) is 9.86. The van der Waals surface area contributed by atoms with Crippen LogP contribution in [0.2, 0.25) is 0 Å². The fourth-order valence-corrected chi connectivity index (χ4v) is 4.09. The number of fused-ring (bicyclic) bond motifs is 1. The molecule has 1 aliphatic heterocycles. The Hall–Kier alpha value is -2.26. The van der Waals surface area contributed by atoms with Gasteiger partial charge >= 0.3 is 5.97 Å². The van der Waals surface area contributed by atoms with E-state index in [9.17, 15) is 17.6 Å². The molecule has 0 amide bonds. The Morgan fingerprint density at radius 3 is 2.77 bits per heavy atom. The van der Waals surface area contributed by atoms with Crippen LogP contribution in [0.4, 0.5) is 4.39 Å². The number of benzene rings is 2. The summed E-state index contributed by atoms with van der Waals surface area (Å²) in [7, 11) is -3.67. The maximum absolute atomic E-state index is 13.1. The van der Waals surface area contributed by atoms with Crippen LogP contribution in [0.3, 0.4) is 0 Å². The van der Waals surface area contributed by atoms with Crippen LogP contribution in [-0.2, 0) is 26.2 Å². The fourth-order valence-electron chi connectivity index (χ4n) is 2.38. The number of nitrogens with one attached hydrogen (secondary N) is 1. The molecule has 0 fully saturated rings. The van der Waals surface area contributed by atoms with E-state index in [-0.39, 0.29) is 17.3 Å². The zero-order valence-electron chi connectivity index (χ0n) is 13.6. The molecule has 1 N–H and O–H groups in total. The number of hydrogen-bond donors (Lipinski definition) is 1. The monoisotopic (exact) mass is 440 g/mol. The Bertz CT molecular complexity index is 1010. The molecule has 0 radical (unpaired) electrons. The highest BCUT2D eigenvalue weighted by molar-refractivity contribution is 9.10. The van der Waals surface area contributed by atoms with E-state index in [4.69, 9.17) is 4.74 Å². The van der Waals surface area contributed by atoms with Gasteiger partial charge in [0, 0.05) is 15.6 Å². The van der Waals surface area contributed by atoms with E-state index >= 15 is 0 Å². The van der Waals surface area contributed by atoms with Crippen molar-refractivity contribution in [1.82, 2.24) is 4.72 Å². The van der Waals surface area contributed by atoms with E-state index < -0.39 is 27.9 Å². The van der Waals surface area contributed by atoms with Crippen molar-refractivity contribution in [2.75, 3.05) is 0 Å². The summed E-state index contributed by atoms with van der Waals surface area (Å²) in [6.45, 7) is 1.45. The number of amidine groups is 1. The molecule has 3 rings (SSSR count). The summed E-state index contributed by atoms with van der Waals surface area (Å²) >= 11 is 3.20. The zero-order valence-corrected chi connectivity index (χ0v) is 16.0. The van der Waals surface area contributed by atoms with E-state index in [0.29, 0.717) is 15.6 Å². The number of carbonyl (C=O) groups is 1. The summed E-state index contributed by atoms with van der Waals surface area (Å²) in [4.78, 5) is 16.4. The summed E-state index contributed by atoms with van der Waals surface area (Å²) in [6, 6.07) is 9.50. The van der Waals surface area contributed by atoms with Crippen molar-refractivity contribution in [2.24, 2.45) is 4.99 Å². The van der Waals surface area contributed by atoms with Gasteiger partial charge in [0.05, 0.1) is 4.90 Å². The fraction of sp³-hybridized carbons (Fsp3) is 0.176. The van der Waals surface area contributed by atoms with E-state index in [2.05, 4.69) is 25.6 Å². The molecule has 0 aliphatic carbocycles. The number of aliphatic imine (C=N–C) groups is 1. The Labute approximate surface area is 158 Å². The molecule has 2 aromatic carbocycles. The van der Waals surface area contributed by atoms with Crippen LogP contribution < -0.4 is 4.72 Å². The Balaban J connectivity index is 1.73. The van der Waals surface area contributed by atoms with Gasteiger partial charge in [-0.1, -0.05) is 34.1 Å². The second-order valence-corrected chi connectivity index (χ2v) is 8.10. The number of esters is 1. The molecule has 0 bridgehead atoms. The largest absolute Gasteiger partial charge is 0.459 e. The third-order valence-electron chi connectivity index (χ3n) is 3.71. The highest BCUT2D eigenvalue weighted by Crippen LogP contribution is 2.23. The lowest BCUT2D eigenvalue weighted by molar-refractivity contribution is -0.146. The summed E-state index contributed by atoms with van der Waals surface area (Å²) in [5, 5.41) is 0. The molecule has 0 spiro atoms. The number of ether oxygens (including phenoxy) is 1. The van der Waals surface area contributed by atoms with Gasteiger partial charge in [-0.15, -0.1) is 0 Å². The van der Waals surface area contributed by atoms with Crippen molar-refractivity contribution in [3.05, 3.63) is 63.9 Å². The highest BCUT2D eigenvalue weighted by Gasteiger charge is 2.31. The van der Waals surface area contributed by atoms with Gasteiger partial charge in [0.15, 0.2) is 0 Å². The lowest BCUT2D eigenvalue weighted by Crippen LogP contribution is -2.26. The molecular formula is C17H14BrFN2O4S. The van der Waals surface area contributed by atoms with Crippen LogP contribution >= 0.6 is 15.9 Å². The quantitative estimate of drug-likeness (QED) is 0.740. The second kappa shape index (κ2) is 7.16. The van der Waals surface area contributed by atoms with Crippen molar-refractivity contribution in [3.8, 4) is 0 Å². The van der Waals surface area contributed by atoms with Gasteiger partial charge < -0.3 is 4.74 Å². The van der Waals surface area contributed by atoms with Gasteiger partial charge in [-0.3, -0.25) is 9.71 Å². The minimum atomic E-state index is -3.67. The van der Waals surface area contributed by atoms with Crippen LogP contribution in [0, 0.1) is 5.82 Å². The van der Waals surface area contributed by atoms with E-state index in [1.165, 1.54) is 31.2 Å². The predicted octanol–water partition coefficient (Wildman–Crippen LogP) is 2.76. The van der Waals surface area contributed by atoms with Gasteiger partial charge in [-0.05, 0) is 31.2 Å². The average molecular weight is 441 g/mol. The normalized spacial score (nSPS) is 17.4. The maximum Gasteiger partial charge on any atom is 0.330 e.